The van der Waals surface area contributed by atoms with Gasteiger partial charge in [-0.3, -0.25) is 19.2 Å². The molecule has 2 amide bonds. The number of H-pyrrole nitrogens is 2. The van der Waals surface area contributed by atoms with Gasteiger partial charge in [0.05, 0.1) is 73.0 Å². The van der Waals surface area contributed by atoms with Crippen molar-refractivity contribution in [3.05, 3.63) is 59.7 Å². The Morgan fingerprint density at radius 3 is 1.66 bits per heavy atom. The number of benzene rings is 2. The van der Waals surface area contributed by atoms with Crippen molar-refractivity contribution in [3.8, 4) is 20.9 Å². The van der Waals surface area contributed by atoms with Crippen LogP contribution in [0.25, 0.3) is 42.9 Å². The average Bonchev–Trinajstić information content (AvgIpc) is 4.03. The molecular weight excluding hydrogens is 729 g/mol. The predicted molar refractivity (Wildman–Crippen MR) is 217 cm³/mol. The Hall–Kier alpha value is -5.04. The number of rotatable bonds is 12. The summed E-state index contributed by atoms with van der Waals surface area (Å²) in [6, 6.07) is 14.4. The molecule has 0 aliphatic carbocycles. The van der Waals surface area contributed by atoms with E-state index in [1.54, 1.807) is 11.3 Å². The third-order valence-electron chi connectivity index (χ3n) is 11.6. The van der Waals surface area contributed by atoms with Crippen molar-refractivity contribution < 1.29 is 28.7 Å². The molecule has 0 spiro atoms. The Kier molecular flexibility index (Phi) is 11.3. The Labute approximate surface area is 331 Å². The van der Waals surface area contributed by atoms with Gasteiger partial charge in [0.15, 0.2) is 0 Å². The molecule has 0 bridgehead atoms. The van der Waals surface area contributed by atoms with Crippen molar-refractivity contribution in [2.75, 3.05) is 27.3 Å². The van der Waals surface area contributed by atoms with E-state index in [4.69, 9.17) is 19.4 Å². The van der Waals surface area contributed by atoms with E-state index in [9.17, 15) is 19.2 Å². The number of fused-ring (bicyclic) bond motifs is 2. The maximum atomic E-state index is 13.7. The first-order valence-corrected chi connectivity index (χ1v) is 20.5. The molecule has 2 aromatic carbocycles. The van der Waals surface area contributed by atoms with Gasteiger partial charge in [-0.2, -0.15) is 0 Å². The summed E-state index contributed by atoms with van der Waals surface area (Å²) in [6.45, 7) is 11.3. The SMILES string of the molecule is COC(=O)C[C@H](C(=O)N1CCC[C@H]1c1nc2ccc(-c3cc(C)c(-c4ccc5nc([C@@H]6CCCN6C(=O)[C@@H](CC(=O)OC)C(C)C)[nH]c5c4)s3)cc2[nH]1)C(C)C. The van der Waals surface area contributed by atoms with E-state index in [-0.39, 0.29) is 60.5 Å². The quantitative estimate of drug-likeness (QED) is 0.121. The number of carbonyl (C=O) groups is 4. The summed E-state index contributed by atoms with van der Waals surface area (Å²) in [5.41, 5.74) is 6.84. The van der Waals surface area contributed by atoms with Crippen molar-refractivity contribution in [1.29, 1.82) is 0 Å². The number of ether oxygens (including phenoxy) is 2. The van der Waals surface area contributed by atoms with Gasteiger partial charge in [0, 0.05) is 22.8 Å². The molecule has 4 atom stereocenters. The van der Waals surface area contributed by atoms with Crippen LogP contribution in [0.4, 0.5) is 0 Å². The van der Waals surface area contributed by atoms with Crippen LogP contribution in [0, 0.1) is 30.6 Å². The van der Waals surface area contributed by atoms with Gasteiger partial charge in [-0.15, -0.1) is 11.3 Å². The minimum Gasteiger partial charge on any atom is -0.469 e. The summed E-state index contributed by atoms with van der Waals surface area (Å²) in [7, 11) is 2.71. The van der Waals surface area contributed by atoms with E-state index in [0.717, 1.165) is 80.3 Å². The van der Waals surface area contributed by atoms with Gasteiger partial charge in [0.1, 0.15) is 11.6 Å². The highest BCUT2D eigenvalue weighted by molar-refractivity contribution is 7.19. The number of aromatic amines is 2. The second-order valence-electron chi connectivity index (χ2n) is 16.0. The van der Waals surface area contributed by atoms with E-state index < -0.39 is 11.8 Å². The van der Waals surface area contributed by atoms with Crippen LogP contribution in [-0.4, -0.2) is 80.8 Å². The lowest BCUT2D eigenvalue weighted by molar-refractivity contribution is -0.148. The number of methoxy groups -OCH3 is 2. The van der Waals surface area contributed by atoms with Gasteiger partial charge < -0.3 is 29.2 Å². The number of aryl methyl sites for hydroxylation is 1. The molecule has 2 aliphatic rings. The fourth-order valence-corrected chi connectivity index (χ4v) is 9.54. The van der Waals surface area contributed by atoms with Crippen molar-refractivity contribution in [2.45, 2.75) is 85.2 Å². The van der Waals surface area contributed by atoms with Gasteiger partial charge in [0.25, 0.3) is 0 Å². The topological polar surface area (TPSA) is 151 Å². The Bertz CT molecular complexity index is 2270. The molecule has 13 heteroatoms. The zero-order valence-corrected chi connectivity index (χ0v) is 34.1. The highest BCUT2D eigenvalue weighted by Crippen LogP contribution is 2.41. The number of esters is 2. The highest BCUT2D eigenvalue weighted by Gasteiger charge is 2.39. The summed E-state index contributed by atoms with van der Waals surface area (Å²) in [5, 5.41) is 0. The molecule has 0 radical (unpaired) electrons. The molecule has 2 fully saturated rings. The summed E-state index contributed by atoms with van der Waals surface area (Å²) in [4.78, 5) is 74.7. The second-order valence-corrected chi connectivity index (χ2v) is 17.0. The summed E-state index contributed by atoms with van der Waals surface area (Å²) in [6.07, 6.45) is 3.51. The lowest BCUT2D eigenvalue weighted by Gasteiger charge is -2.29. The third kappa shape index (κ3) is 7.70. The number of hydrogen-bond acceptors (Lipinski definition) is 9. The van der Waals surface area contributed by atoms with E-state index >= 15 is 0 Å². The van der Waals surface area contributed by atoms with Crippen LogP contribution in [0.5, 0.6) is 0 Å². The molecule has 3 aromatic heterocycles. The zero-order valence-electron chi connectivity index (χ0n) is 33.3. The Morgan fingerprint density at radius 1 is 0.732 bits per heavy atom. The minimum absolute atomic E-state index is 0.00271. The number of nitrogens with zero attached hydrogens (tertiary/aromatic N) is 4. The summed E-state index contributed by atoms with van der Waals surface area (Å²) >= 11 is 1.73. The molecule has 2 saturated heterocycles. The lowest BCUT2D eigenvalue weighted by Crippen LogP contribution is -2.39. The van der Waals surface area contributed by atoms with Crippen LogP contribution in [0.1, 0.15) is 95.5 Å². The third-order valence-corrected chi connectivity index (χ3v) is 13.0. The van der Waals surface area contributed by atoms with Crippen LogP contribution in [-0.2, 0) is 28.7 Å². The summed E-state index contributed by atoms with van der Waals surface area (Å²) < 4.78 is 9.78. The molecule has 0 saturated carbocycles. The highest BCUT2D eigenvalue weighted by atomic mass is 32.1. The number of thiophene rings is 1. The molecule has 7 rings (SSSR count). The molecule has 0 unspecified atom stereocenters. The number of amides is 2. The van der Waals surface area contributed by atoms with Crippen LogP contribution in [0.2, 0.25) is 0 Å². The fraction of sp³-hybridized carbons (Fsp3) is 0.488. The van der Waals surface area contributed by atoms with Crippen LogP contribution >= 0.6 is 11.3 Å². The molecule has 5 aromatic rings. The van der Waals surface area contributed by atoms with E-state index in [2.05, 4.69) is 47.2 Å². The van der Waals surface area contributed by atoms with Crippen molar-refractivity contribution in [1.82, 2.24) is 29.7 Å². The number of aromatic nitrogens is 4. The Balaban J connectivity index is 1.10. The van der Waals surface area contributed by atoms with Gasteiger partial charge in [0.2, 0.25) is 11.8 Å². The van der Waals surface area contributed by atoms with Gasteiger partial charge in [-0.05, 0) is 91.5 Å². The van der Waals surface area contributed by atoms with Gasteiger partial charge in [-0.1, -0.05) is 39.8 Å². The van der Waals surface area contributed by atoms with Crippen LogP contribution < -0.4 is 0 Å². The maximum Gasteiger partial charge on any atom is 0.306 e. The molecular formula is C43H52N6O6S. The Morgan fingerprint density at radius 2 is 1.20 bits per heavy atom. The largest absolute Gasteiger partial charge is 0.469 e. The zero-order chi connectivity index (χ0) is 39.8. The number of carbonyl (C=O) groups excluding carboxylic acids is 4. The second kappa shape index (κ2) is 16.2. The van der Waals surface area contributed by atoms with Gasteiger partial charge >= 0.3 is 11.9 Å². The standard InChI is InChI=1S/C43H52N6O6S/c1-23(2)28(21-37(50)54-6)42(52)48-16-8-10-34(48)40-44-30-14-12-26(19-32(30)46-40)36-18-25(5)39(56-36)27-13-15-31-33(20-27)47-41(45-31)35-11-9-17-49(35)43(53)29(24(3)4)22-38(51)55-7/h12-15,18-20,23-24,28-29,34-35H,8-11,16-17,21-22H2,1-7H3,(H,44,46)(H,45,47)/t28-,29-,34-,35-/m0/s1. The lowest BCUT2D eigenvalue weighted by atomic mass is 9.91. The molecule has 2 aliphatic heterocycles. The monoisotopic (exact) mass is 780 g/mol. The maximum absolute atomic E-state index is 13.7. The normalized spacial score (nSPS) is 18.4. The minimum atomic E-state index is -0.442. The number of likely N-dealkylation sites (tertiary alicyclic amines) is 2. The van der Waals surface area contributed by atoms with E-state index in [0.29, 0.717) is 13.1 Å². The van der Waals surface area contributed by atoms with E-state index in [1.807, 2.05) is 49.6 Å². The first-order chi connectivity index (χ1) is 26.9. The first-order valence-electron chi connectivity index (χ1n) is 19.7. The van der Waals surface area contributed by atoms with Crippen molar-refractivity contribution in [2.24, 2.45) is 23.7 Å². The fourth-order valence-electron chi connectivity index (χ4n) is 8.38. The summed E-state index contributed by atoms with van der Waals surface area (Å²) in [5.74, 6) is -0.136. The van der Waals surface area contributed by atoms with Gasteiger partial charge in [-0.25, -0.2) is 9.97 Å². The first kappa shape index (κ1) is 39.2. The number of imidazole rings is 2. The van der Waals surface area contributed by atoms with Crippen molar-refractivity contribution >= 4 is 57.2 Å². The number of nitrogens with one attached hydrogen (secondary N) is 2. The molecule has 56 heavy (non-hydrogen) atoms. The smallest absolute Gasteiger partial charge is 0.306 e. The average molecular weight is 781 g/mol. The van der Waals surface area contributed by atoms with E-state index in [1.165, 1.54) is 19.8 Å². The van der Waals surface area contributed by atoms with Crippen LogP contribution in [0.15, 0.2) is 42.5 Å². The van der Waals surface area contributed by atoms with Crippen LogP contribution in [0.3, 0.4) is 0 Å². The molecule has 296 valence electrons. The number of hydrogen-bond donors (Lipinski definition) is 2. The molecule has 2 N–H and O–H groups in total. The predicted octanol–water partition coefficient (Wildman–Crippen LogP) is 8.14. The van der Waals surface area contributed by atoms with Crippen molar-refractivity contribution in [3.63, 3.8) is 0 Å². The molecule has 5 heterocycles. The molecule has 12 nitrogen and oxygen atoms in total.